The summed E-state index contributed by atoms with van der Waals surface area (Å²) in [6, 6.07) is 0.366. The summed E-state index contributed by atoms with van der Waals surface area (Å²) in [4.78, 5) is 0. The topological polar surface area (TPSA) is 35.2 Å². The Morgan fingerprint density at radius 2 is 2.13 bits per heavy atom. The first-order valence-corrected chi connectivity index (χ1v) is 6.70. The molecule has 0 aromatic rings. The maximum atomic E-state index is 6.11. The van der Waals surface area contributed by atoms with Crippen LogP contribution in [0.2, 0.25) is 0 Å². The number of ether oxygens (including phenoxy) is 1. The van der Waals surface area contributed by atoms with Gasteiger partial charge in [0.2, 0.25) is 0 Å². The van der Waals surface area contributed by atoms with E-state index >= 15 is 0 Å². The Bertz CT molecular complexity index is 143. The summed E-state index contributed by atoms with van der Waals surface area (Å²) in [6.45, 7) is 3.20. The number of unbranched alkanes of at least 4 members (excludes halogenated alkanes) is 3. The second-order valence-electron chi connectivity index (χ2n) is 4.83. The lowest BCUT2D eigenvalue weighted by molar-refractivity contribution is 0.00690. The van der Waals surface area contributed by atoms with Crippen LogP contribution in [0.4, 0.5) is 0 Å². The molecule has 0 spiro atoms. The highest BCUT2D eigenvalue weighted by molar-refractivity contribution is 4.71. The van der Waals surface area contributed by atoms with Gasteiger partial charge in [-0.25, -0.2) is 0 Å². The van der Waals surface area contributed by atoms with Crippen LogP contribution in [-0.2, 0) is 4.74 Å². The molecule has 0 aliphatic carbocycles. The molecular formula is C13H27NO. The maximum Gasteiger partial charge on any atom is 0.0589 e. The Balaban J connectivity index is 1.98. The van der Waals surface area contributed by atoms with Gasteiger partial charge in [-0.3, -0.25) is 0 Å². The van der Waals surface area contributed by atoms with Crippen molar-refractivity contribution < 1.29 is 4.74 Å². The fourth-order valence-electron chi connectivity index (χ4n) is 2.28. The van der Waals surface area contributed by atoms with Crippen LogP contribution < -0.4 is 5.73 Å². The molecule has 0 bridgehead atoms. The highest BCUT2D eigenvalue weighted by atomic mass is 16.5. The molecule has 2 atom stereocenters. The summed E-state index contributed by atoms with van der Waals surface area (Å²) in [5.74, 6) is 0. The predicted molar refractivity (Wildman–Crippen MR) is 64.9 cm³/mol. The van der Waals surface area contributed by atoms with Crippen molar-refractivity contribution in [2.24, 2.45) is 5.73 Å². The predicted octanol–water partition coefficient (Wildman–Crippen LogP) is 3.24. The molecule has 2 heteroatoms. The van der Waals surface area contributed by atoms with E-state index in [-0.39, 0.29) is 0 Å². The standard InChI is InChI=1S/C13H27NO/c1-2-3-4-5-8-12(14)11-13-9-6-7-10-15-13/h12-13H,2-11,14H2,1H3. The third-order valence-corrected chi connectivity index (χ3v) is 3.27. The third-order valence-electron chi connectivity index (χ3n) is 3.27. The average molecular weight is 213 g/mol. The zero-order chi connectivity index (χ0) is 10.9. The summed E-state index contributed by atoms with van der Waals surface area (Å²) in [5, 5.41) is 0. The minimum atomic E-state index is 0.366. The number of hydrogen-bond acceptors (Lipinski definition) is 2. The van der Waals surface area contributed by atoms with Gasteiger partial charge in [-0.05, 0) is 32.1 Å². The van der Waals surface area contributed by atoms with Crippen molar-refractivity contribution in [3.63, 3.8) is 0 Å². The van der Waals surface area contributed by atoms with E-state index in [4.69, 9.17) is 10.5 Å². The average Bonchev–Trinajstić information content (AvgIpc) is 2.26. The van der Waals surface area contributed by atoms with Gasteiger partial charge in [0.25, 0.3) is 0 Å². The highest BCUT2D eigenvalue weighted by Gasteiger charge is 2.16. The van der Waals surface area contributed by atoms with Crippen molar-refractivity contribution in [1.29, 1.82) is 0 Å². The first-order chi connectivity index (χ1) is 7.33. The molecule has 1 aliphatic rings. The molecule has 0 saturated carbocycles. The van der Waals surface area contributed by atoms with Crippen LogP contribution >= 0.6 is 0 Å². The summed E-state index contributed by atoms with van der Waals surface area (Å²) >= 11 is 0. The Labute approximate surface area is 94.6 Å². The van der Waals surface area contributed by atoms with E-state index in [9.17, 15) is 0 Å². The smallest absolute Gasteiger partial charge is 0.0589 e. The SMILES string of the molecule is CCCCCCC(N)CC1CCCCO1. The third kappa shape index (κ3) is 6.16. The van der Waals surface area contributed by atoms with Crippen LogP contribution in [-0.4, -0.2) is 18.8 Å². The largest absolute Gasteiger partial charge is 0.378 e. The van der Waals surface area contributed by atoms with E-state index in [2.05, 4.69) is 6.92 Å². The van der Waals surface area contributed by atoms with Gasteiger partial charge in [-0.1, -0.05) is 32.6 Å². The monoisotopic (exact) mass is 213 g/mol. The molecule has 2 unspecified atom stereocenters. The molecule has 90 valence electrons. The Morgan fingerprint density at radius 1 is 1.27 bits per heavy atom. The van der Waals surface area contributed by atoms with Crippen molar-refractivity contribution in [2.75, 3.05) is 6.61 Å². The van der Waals surface area contributed by atoms with Crippen LogP contribution in [0, 0.1) is 0 Å². The van der Waals surface area contributed by atoms with E-state index in [1.165, 1.54) is 51.4 Å². The molecule has 0 aromatic heterocycles. The van der Waals surface area contributed by atoms with Gasteiger partial charge in [-0.2, -0.15) is 0 Å². The summed E-state index contributed by atoms with van der Waals surface area (Å²) in [5.41, 5.74) is 6.11. The van der Waals surface area contributed by atoms with Crippen molar-refractivity contribution in [1.82, 2.24) is 0 Å². The van der Waals surface area contributed by atoms with Gasteiger partial charge in [0.15, 0.2) is 0 Å². The van der Waals surface area contributed by atoms with E-state index in [0.29, 0.717) is 12.1 Å². The van der Waals surface area contributed by atoms with Crippen LogP contribution in [0.25, 0.3) is 0 Å². The molecule has 2 nitrogen and oxygen atoms in total. The number of nitrogens with two attached hydrogens (primary N) is 1. The number of rotatable bonds is 7. The molecule has 0 radical (unpaired) electrons. The lowest BCUT2D eigenvalue weighted by Gasteiger charge is -2.25. The summed E-state index contributed by atoms with van der Waals surface area (Å²) < 4.78 is 5.70. The lowest BCUT2D eigenvalue weighted by atomic mass is 9.98. The Kier molecular flexibility index (Phi) is 7.03. The highest BCUT2D eigenvalue weighted by Crippen LogP contribution is 2.18. The molecule has 1 aliphatic heterocycles. The van der Waals surface area contributed by atoms with Crippen LogP contribution in [0.3, 0.4) is 0 Å². The first kappa shape index (κ1) is 13.0. The van der Waals surface area contributed by atoms with E-state index < -0.39 is 0 Å². The van der Waals surface area contributed by atoms with E-state index in [0.717, 1.165) is 13.0 Å². The number of hydrogen-bond donors (Lipinski definition) is 1. The van der Waals surface area contributed by atoms with Crippen LogP contribution in [0.15, 0.2) is 0 Å². The van der Waals surface area contributed by atoms with Gasteiger partial charge in [0.1, 0.15) is 0 Å². The lowest BCUT2D eigenvalue weighted by Crippen LogP contribution is -2.29. The minimum Gasteiger partial charge on any atom is -0.378 e. The Morgan fingerprint density at radius 3 is 2.80 bits per heavy atom. The van der Waals surface area contributed by atoms with Gasteiger partial charge in [0.05, 0.1) is 6.10 Å². The zero-order valence-electron chi connectivity index (χ0n) is 10.2. The molecule has 1 saturated heterocycles. The molecule has 1 rings (SSSR count). The quantitative estimate of drug-likeness (QED) is 0.659. The van der Waals surface area contributed by atoms with Crippen LogP contribution in [0.1, 0.15) is 64.7 Å². The normalized spacial score (nSPS) is 24.0. The fourth-order valence-corrected chi connectivity index (χ4v) is 2.28. The fraction of sp³-hybridized carbons (Fsp3) is 1.00. The van der Waals surface area contributed by atoms with Crippen molar-refractivity contribution >= 4 is 0 Å². The molecule has 15 heavy (non-hydrogen) atoms. The molecular weight excluding hydrogens is 186 g/mol. The molecule has 1 heterocycles. The first-order valence-electron chi connectivity index (χ1n) is 6.70. The van der Waals surface area contributed by atoms with Gasteiger partial charge >= 0.3 is 0 Å². The molecule has 1 fully saturated rings. The Hall–Kier alpha value is -0.0800. The zero-order valence-corrected chi connectivity index (χ0v) is 10.2. The van der Waals surface area contributed by atoms with Crippen molar-refractivity contribution in [2.45, 2.75) is 76.9 Å². The second kappa shape index (κ2) is 8.12. The van der Waals surface area contributed by atoms with Crippen LogP contribution in [0.5, 0.6) is 0 Å². The molecule has 2 N–H and O–H groups in total. The summed E-state index contributed by atoms with van der Waals surface area (Å²) in [6.07, 6.45) is 11.8. The second-order valence-corrected chi connectivity index (χ2v) is 4.83. The molecule has 0 amide bonds. The van der Waals surface area contributed by atoms with E-state index in [1.54, 1.807) is 0 Å². The van der Waals surface area contributed by atoms with Gasteiger partial charge in [-0.15, -0.1) is 0 Å². The maximum absolute atomic E-state index is 6.11. The van der Waals surface area contributed by atoms with E-state index in [1.807, 2.05) is 0 Å². The van der Waals surface area contributed by atoms with Crippen molar-refractivity contribution in [3.8, 4) is 0 Å². The summed E-state index contributed by atoms with van der Waals surface area (Å²) in [7, 11) is 0. The van der Waals surface area contributed by atoms with Gasteiger partial charge in [0, 0.05) is 12.6 Å². The van der Waals surface area contributed by atoms with Gasteiger partial charge < -0.3 is 10.5 Å². The molecule has 0 aromatic carbocycles. The van der Waals surface area contributed by atoms with Crippen molar-refractivity contribution in [3.05, 3.63) is 0 Å². The minimum absolute atomic E-state index is 0.366.